The van der Waals surface area contributed by atoms with Crippen molar-refractivity contribution in [3.8, 4) is 11.4 Å². The van der Waals surface area contributed by atoms with Gasteiger partial charge < -0.3 is 9.64 Å². The summed E-state index contributed by atoms with van der Waals surface area (Å²) >= 11 is 0. The van der Waals surface area contributed by atoms with E-state index < -0.39 is 0 Å². The molecule has 0 amide bonds. The van der Waals surface area contributed by atoms with E-state index in [1.54, 1.807) is 29.2 Å². The van der Waals surface area contributed by atoms with E-state index in [0.29, 0.717) is 5.75 Å². The quantitative estimate of drug-likeness (QED) is 0.681. The smallest absolute Gasteiger partial charge is 0.258 e. The summed E-state index contributed by atoms with van der Waals surface area (Å²) in [6.07, 6.45) is 11.6. The predicted molar refractivity (Wildman–Crippen MR) is 107 cm³/mol. The number of anilines is 1. The van der Waals surface area contributed by atoms with Crippen LogP contribution < -0.4 is 15.2 Å². The highest BCUT2D eigenvalue weighted by Gasteiger charge is 2.22. The number of nitrogens with zero attached hydrogens (tertiary/aromatic N) is 5. The number of aryl methyl sites for hydroxylation is 1. The molecule has 28 heavy (non-hydrogen) atoms. The molecule has 0 bridgehead atoms. The Morgan fingerprint density at radius 3 is 2.57 bits per heavy atom. The van der Waals surface area contributed by atoms with Crippen LogP contribution in [0.1, 0.15) is 25.3 Å². The van der Waals surface area contributed by atoms with Gasteiger partial charge in [0.25, 0.3) is 5.56 Å². The summed E-state index contributed by atoms with van der Waals surface area (Å²) in [6.45, 7) is 3.77. The first-order valence-corrected chi connectivity index (χ1v) is 9.58. The Morgan fingerprint density at radius 1 is 1.14 bits per heavy atom. The molecule has 1 saturated heterocycles. The molecule has 1 fully saturated rings. The molecule has 1 aliphatic rings. The molecule has 3 aromatic heterocycles. The van der Waals surface area contributed by atoms with Gasteiger partial charge in [-0.1, -0.05) is 6.92 Å². The molecule has 0 radical (unpaired) electrons. The molecule has 0 saturated carbocycles. The van der Waals surface area contributed by atoms with Gasteiger partial charge in [-0.3, -0.25) is 14.3 Å². The van der Waals surface area contributed by atoms with Crippen LogP contribution in [0.3, 0.4) is 0 Å². The minimum absolute atomic E-state index is 0.0832. The van der Waals surface area contributed by atoms with Crippen LogP contribution in [0.15, 0.2) is 60.0 Å². The molecular formula is C21H23N5O2. The highest BCUT2D eigenvalue weighted by molar-refractivity contribution is 5.32. The molecular weight excluding hydrogens is 354 g/mol. The maximum absolute atomic E-state index is 12.4. The van der Waals surface area contributed by atoms with Crippen molar-refractivity contribution in [1.82, 2.24) is 19.5 Å². The summed E-state index contributed by atoms with van der Waals surface area (Å²) in [5.41, 5.74) is 1.75. The first-order chi connectivity index (χ1) is 13.7. The van der Waals surface area contributed by atoms with Crippen LogP contribution in [-0.4, -0.2) is 38.7 Å². The van der Waals surface area contributed by atoms with E-state index in [2.05, 4.69) is 26.8 Å². The Kier molecular flexibility index (Phi) is 5.32. The van der Waals surface area contributed by atoms with Crippen molar-refractivity contribution >= 4 is 5.95 Å². The van der Waals surface area contributed by atoms with E-state index >= 15 is 0 Å². The highest BCUT2D eigenvalue weighted by atomic mass is 16.5. The van der Waals surface area contributed by atoms with E-state index in [1.807, 2.05) is 24.5 Å². The molecule has 3 aromatic rings. The van der Waals surface area contributed by atoms with Gasteiger partial charge in [-0.25, -0.2) is 9.97 Å². The molecule has 0 spiro atoms. The van der Waals surface area contributed by atoms with Crippen molar-refractivity contribution in [1.29, 1.82) is 0 Å². The fourth-order valence-corrected chi connectivity index (χ4v) is 3.30. The summed E-state index contributed by atoms with van der Waals surface area (Å²) in [7, 11) is 0. The Hall–Kier alpha value is -3.22. The number of piperidine rings is 1. The highest BCUT2D eigenvalue weighted by Crippen LogP contribution is 2.20. The molecule has 4 rings (SSSR count). The van der Waals surface area contributed by atoms with E-state index in [0.717, 1.165) is 49.6 Å². The minimum Gasteiger partial charge on any atom is -0.490 e. The Bertz CT molecular complexity index is 964. The Balaban J connectivity index is 1.37. The maximum Gasteiger partial charge on any atom is 0.258 e. The van der Waals surface area contributed by atoms with E-state index in [4.69, 9.17) is 4.74 Å². The number of hydrogen-bond donors (Lipinski definition) is 0. The lowest BCUT2D eigenvalue weighted by Gasteiger charge is -2.32. The number of hydrogen-bond acceptors (Lipinski definition) is 6. The average Bonchev–Trinajstić information content (AvgIpc) is 2.75. The first-order valence-electron chi connectivity index (χ1n) is 9.58. The van der Waals surface area contributed by atoms with Gasteiger partial charge in [0.2, 0.25) is 5.95 Å². The largest absolute Gasteiger partial charge is 0.490 e. The van der Waals surface area contributed by atoms with Gasteiger partial charge in [0.1, 0.15) is 11.9 Å². The van der Waals surface area contributed by atoms with Crippen LogP contribution in [-0.2, 0) is 6.42 Å². The standard InChI is InChI=1S/C21H23N5O2/c1-2-16-13-23-21(24-14-16)25-9-5-18(6-10-25)28-19-7-11-26(20(27)12-19)17-4-3-8-22-15-17/h3-4,7-8,11-15,18H,2,5-6,9-10H2,1H3. The normalized spacial score (nSPS) is 14.8. The van der Waals surface area contributed by atoms with E-state index in [9.17, 15) is 4.79 Å². The van der Waals surface area contributed by atoms with Crippen LogP contribution in [0.5, 0.6) is 5.75 Å². The summed E-state index contributed by atoms with van der Waals surface area (Å²) in [4.78, 5) is 27.6. The zero-order valence-electron chi connectivity index (χ0n) is 15.9. The molecule has 0 aromatic carbocycles. The van der Waals surface area contributed by atoms with Gasteiger partial charge in [-0.05, 0) is 30.2 Å². The molecule has 0 unspecified atom stereocenters. The third-order valence-electron chi connectivity index (χ3n) is 4.94. The number of rotatable bonds is 5. The van der Waals surface area contributed by atoms with Crippen LogP contribution in [0.25, 0.3) is 5.69 Å². The van der Waals surface area contributed by atoms with Gasteiger partial charge in [-0.15, -0.1) is 0 Å². The van der Waals surface area contributed by atoms with Gasteiger partial charge in [-0.2, -0.15) is 0 Å². The molecule has 0 aliphatic carbocycles. The van der Waals surface area contributed by atoms with Crippen molar-refractivity contribution < 1.29 is 4.74 Å². The first kappa shape index (κ1) is 18.2. The van der Waals surface area contributed by atoms with Crippen molar-refractivity contribution in [2.24, 2.45) is 0 Å². The van der Waals surface area contributed by atoms with Crippen LogP contribution >= 0.6 is 0 Å². The predicted octanol–water partition coefficient (Wildman–Crippen LogP) is 2.63. The fraction of sp³-hybridized carbons (Fsp3) is 0.333. The monoisotopic (exact) mass is 377 g/mol. The zero-order chi connectivity index (χ0) is 19.3. The maximum atomic E-state index is 12.4. The second kappa shape index (κ2) is 8.21. The number of pyridine rings is 2. The SMILES string of the molecule is CCc1cnc(N2CCC(Oc3ccn(-c4cccnc4)c(=O)c3)CC2)nc1. The zero-order valence-corrected chi connectivity index (χ0v) is 15.9. The van der Waals surface area contributed by atoms with Crippen molar-refractivity contribution in [2.75, 3.05) is 18.0 Å². The van der Waals surface area contributed by atoms with E-state index in [-0.39, 0.29) is 11.7 Å². The van der Waals surface area contributed by atoms with Gasteiger partial charge in [0, 0.05) is 56.8 Å². The Morgan fingerprint density at radius 2 is 1.93 bits per heavy atom. The molecule has 1 aliphatic heterocycles. The summed E-state index contributed by atoms with van der Waals surface area (Å²) in [5.74, 6) is 1.38. The lowest BCUT2D eigenvalue weighted by atomic mass is 10.1. The van der Waals surface area contributed by atoms with Crippen molar-refractivity contribution in [2.45, 2.75) is 32.3 Å². The van der Waals surface area contributed by atoms with Gasteiger partial charge >= 0.3 is 0 Å². The second-order valence-corrected chi connectivity index (χ2v) is 6.83. The van der Waals surface area contributed by atoms with Crippen molar-refractivity contribution in [3.63, 3.8) is 0 Å². The topological polar surface area (TPSA) is 73.1 Å². The summed E-state index contributed by atoms with van der Waals surface area (Å²) in [6, 6.07) is 7.01. The molecule has 7 nitrogen and oxygen atoms in total. The van der Waals surface area contributed by atoms with E-state index in [1.165, 1.54) is 6.07 Å². The molecule has 0 atom stereocenters. The van der Waals surface area contributed by atoms with Crippen LogP contribution in [0.2, 0.25) is 0 Å². The van der Waals surface area contributed by atoms with Crippen LogP contribution in [0, 0.1) is 0 Å². The summed E-state index contributed by atoms with van der Waals surface area (Å²) < 4.78 is 7.61. The van der Waals surface area contributed by atoms with Crippen molar-refractivity contribution in [3.05, 3.63) is 71.2 Å². The molecule has 7 heteroatoms. The third-order valence-corrected chi connectivity index (χ3v) is 4.94. The summed E-state index contributed by atoms with van der Waals surface area (Å²) in [5, 5.41) is 0. The Labute approximate surface area is 163 Å². The molecule has 0 N–H and O–H groups in total. The van der Waals surface area contributed by atoms with Gasteiger partial charge in [0.05, 0.1) is 11.9 Å². The van der Waals surface area contributed by atoms with Crippen LogP contribution in [0.4, 0.5) is 5.95 Å². The molecule has 144 valence electrons. The number of ether oxygens (including phenoxy) is 1. The second-order valence-electron chi connectivity index (χ2n) is 6.83. The average molecular weight is 377 g/mol. The lowest BCUT2D eigenvalue weighted by molar-refractivity contribution is 0.170. The fourth-order valence-electron chi connectivity index (χ4n) is 3.30. The molecule has 4 heterocycles. The minimum atomic E-state index is -0.132. The lowest BCUT2D eigenvalue weighted by Crippen LogP contribution is -2.39. The third kappa shape index (κ3) is 4.03. The number of aromatic nitrogens is 4. The van der Waals surface area contributed by atoms with Gasteiger partial charge in [0.15, 0.2) is 0 Å².